The zero-order valence-electron chi connectivity index (χ0n) is 25.4. The van der Waals surface area contributed by atoms with E-state index in [0.717, 1.165) is 39.2 Å². The van der Waals surface area contributed by atoms with Crippen LogP contribution in [-0.2, 0) is 0 Å². The number of aromatic nitrogens is 3. The normalized spacial score (nSPS) is 11.8. The van der Waals surface area contributed by atoms with Crippen molar-refractivity contribution >= 4 is 65.2 Å². The van der Waals surface area contributed by atoms with E-state index in [4.69, 9.17) is 9.97 Å². The van der Waals surface area contributed by atoms with Gasteiger partial charge in [0.25, 0.3) is 0 Å². The van der Waals surface area contributed by atoms with Gasteiger partial charge in [0.2, 0.25) is 0 Å². The van der Waals surface area contributed by atoms with Crippen LogP contribution in [0.15, 0.2) is 164 Å². The first-order chi connectivity index (χ1) is 23.3. The van der Waals surface area contributed by atoms with E-state index in [1.165, 1.54) is 54.1 Å². The van der Waals surface area contributed by atoms with E-state index in [-0.39, 0.29) is 0 Å². The molecule has 0 radical (unpaired) electrons. The highest BCUT2D eigenvalue weighted by Gasteiger charge is 2.19. The maximum atomic E-state index is 5.26. The van der Waals surface area contributed by atoms with E-state index in [0.29, 0.717) is 0 Å². The van der Waals surface area contributed by atoms with Gasteiger partial charge in [0.1, 0.15) is 0 Å². The third kappa shape index (κ3) is 4.00. The van der Waals surface area contributed by atoms with Crippen molar-refractivity contribution in [3.63, 3.8) is 0 Å². The summed E-state index contributed by atoms with van der Waals surface area (Å²) in [6.07, 6.45) is 0. The second-order valence-corrected chi connectivity index (χ2v) is 12.2. The maximum Gasteiger partial charge on any atom is 0.0973 e. The first-order valence-corrected chi connectivity index (χ1v) is 16.0. The van der Waals surface area contributed by atoms with Crippen LogP contribution in [0.5, 0.6) is 0 Å². The summed E-state index contributed by atoms with van der Waals surface area (Å²) in [7, 11) is 0. The van der Waals surface area contributed by atoms with Crippen LogP contribution in [0.4, 0.5) is 0 Å². The smallest absolute Gasteiger partial charge is 0.0973 e. The molecule has 8 aromatic carbocycles. The van der Waals surface area contributed by atoms with Gasteiger partial charge in [-0.05, 0) is 74.8 Å². The third-order valence-corrected chi connectivity index (χ3v) is 9.52. The van der Waals surface area contributed by atoms with Crippen molar-refractivity contribution in [1.29, 1.82) is 0 Å². The van der Waals surface area contributed by atoms with Gasteiger partial charge >= 0.3 is 0 Å². The minimum atomic E-state index is 0.873. The molecule has 2 heterocycles. The quantitative estimate of drug-likeness (QED) is 0.203. The van der Waals surface area contributed by atoms with Crippen molar-refractivity contribution in [2.24, 2.45) is 0 Å². The molecule has 3 nitrogen and oxygen atoms in total. The van der Waals surface area contributed by atoms with Crippen molar-refractivity contribution in [3.8, 4) is 28.2 Å². The molecule has 0 unspecified atom stereocenters. The van der Waals surface area contributed by atoms with E-state index < -0.39 is 0 Å². The monoisotopic (exact) mass is 597 g/mol. The van der Waals surface area contributed by atoms with Crippen LogP contribution in [0.25, 0.3) is 93.4 Å². The van der Waals surface area contributed by atoms with E-state index >= 15 is 0 Å². The Balaban J connectivity index is 1.26. The number of nitrogens with zero attached hydrogens (tertiary/aromatic N) is 3. The van der Waals surface area contributed by atoms with Gasteiger partial charge in [-0.25, -0.2) is 9.97 Å². The highest BCUT2D eigenvalue weighted by Crippen LogP contribution is 2.41. The molecule has 0 fully saturated rings. The summed E-state index contributed by atoms with van der Waals surface area (Å²) in [5.74, 6) is 0. The molecule has 0 spiro atoms. The number of benzene rings is 8. The van der Waals surface area contributed by atoms with Crippen molar-refractivity contribution in [2.75, 3.05) is 0 Å². The predicted molar refractivity (Wildman–Crippen MR) is 197 cm³/mol. The van der Waals surface area contributed by atoms with E-state index in [1.54, 1.807) is 0 Å². The average Bonchev–Trinajstić information content (AvgIpc) is 3.49. The minimum absolute atomic E-state index is 0.873. The van der Waals surface area contributed by atoms with Crippen LogP contribution in [0, 0.1) is 0 Å². The minimum Gasteiger partial charge on any atom is -0.309 e. The fraction of sp³-hybridized carbons (Fsp3) is 0. The van der Waals surface area contributed by atoms with Crippen LogP contribution >= 0.6 is 0 Å². The molecular formula is C44H27N3. The summed E-state index contributed by atoms with van der Waals surface area (Å²) < 4.78 is 2.41. The lowest BCUT2D eigenvalue weighted by Crippen LogP contribution is -1.98. The van der Waals surface area contributed by atoms with Crippen LogP contribution in [-0.4, -0.2) is 14.5 Å². The number of rotatable bonds is 3. The topological polar surface area (TPSA) is 30.7 Å². The third-order valence-electron chi connectivity index (χ3n) is 9.52. The Labute approximate surface area is 271 Å². The molecule has 0 N–H and O–H groups in total. The molecule has 0 aliphatic carbocycles. The van der Waals surface area contributed by atoms with E-state index in [1.807, 2.05) is 24.3 Å². The summed E-state index contributed by atoms with van der Waals surface area (Å²) in [6.45, 7) is 0. The van der Waals surface area contributed by atoms with Crippen molar-refractivity contribution < 1.29 is 0 Å². The Kier molecular flexibility index (Phi) is 5.57. The Morgan fingerprint density at radius 1 is 0.362 bits per heavy atom. The fourth-order valence-corrected chi connectivity index (χ4v) is 7.36. The zero-order chi connectivity index (χ0) is 30.9. The largest absolute Gasteiger partial charge is 0.309 e. The van der Waals surface area contributed by atoms with E-state index in [9.17, 15) is 0 Å². The van der Waals surface area contributed by atoms with Crippen LogP contribution in [0.1, 0.15) is 0 Å². The SMILES string of the molecule is c1cc(-c2nc3ccccc3nc2-c2ccc3ccccc3c2)cc(-n2c3ccc4ccccc4c3c3c4ccccc4ccc32)c1. The molecular weight excluding hydrogens is 571 g/mol. The summed E-state index contributed by atoms with van der Waals surface area (Å²) in [5.41, 5.74) is 9.07. The highest BCUT2D eigenvalue weighted by molar-refractivity contribution is 6.28. The van der Waals surface area contributed by atoms with Crippen LogP contribution in [0.2, 0.25) is 0 Å². The molecule has 47 heavy (non-hydrogen) atoms. The Morgan fingerprint density at radius 3 is 1.51 bits per heavy atom. The molecule has 0 saturated carbocycles. The standard InChI is InChI=1S/C44H27N3/c1-2-13-31-26-33(21-20-28(31)10-1)44-43(45-37-18-7-8-19-38(37)46-44)32-14-9-15-34(27-32)47-39-24-22-29-11-3-5-16-35(29)41(39)42-36-17-6-4-12-30(36)23-25-40(42)47/h1-27H. The Hall–Kier alpha value is -6.32. The molecule has 10 aromatic rings. The lowest BCUT2D eigenvalue weighted by atomic mass is 10.00. The molecule has 218 valence electrons. The molecule has 0 aliphatic rings. The highest BCUT2D eigenvalue weighted by atomic mass is 15.0. The number of hydrogen-bond donors (Lipinski definition) is 0. The summed E-state index contributed by atoms with van der Waals surface area (Å²) >= 11 is 0. The zero-order valence-corrected chi connectivity index (χ0v) is 25.4. The van der Waals surface area contributed by atoms with Crippen molar-refractivity contribution in [3.05, 3.63) is 164 Å². The fourth-order valence-electron chi connectivity index (χ4n) is 7.36. The van der Waals surface area contributed by atoms with Gasteiger partial charge in [-0.3, -0.25) is 0 Å². The van der Waals surface area contributed by atoms with Gasteiger partial charge in [-0.1, -0.05) is 121 Å². The average molecular weight is 598 g/mol. The first-order valence-electron chi connectivity index (χ1n) is 16.0. The molecule has 0 saturated heterocycles. The molecule has 3 heteroatoms. The molecule has 2 aromatic heterocycles. The van der Waals surface area contributed by atoms with Gasteiger partial charge in [-0.2, -0.15) is 0 Å². The van der Waals surface area contributed by atoms with Gasteiger partial charge in [-0.15, -0.1) is 0 Å². The lowest BCUT2D eigenvalue weighted by molar-refractivity contribution is 1.18. The molecule has 10 rings (SSSR count). The molecule has 0 amide bonds. The van der Waals surface area contributed by atoms with Gasteiger partial charge in [0.15, 0.2) is 0 Å². The van der Waals surface area contributed by atoms with E-state index in [2.05, 4.69) is 144 Å². The van der Waals surface area contributed by atoms with Gasteiger partial charge in [0.05, 0.1) is 33.5 Å². The van der Waals surface area contributed by atoms with Crippen molar-refractivity contribution in [1.82, 2.24) is 14.5 Å². The maximum absolute atomic E-state index is 5.26. The van der Waals surface area contributed by atoms with Crippen LogP contribution < -0.4 is 0 Å². The first kappa shape index (κ1) is 26.0. The second-order valence-electron chi connectivity index (χ2n) is 12.2. The molecule has 0 bridgehead atoms. The van der Waals surface area contributed by atoms with Gasteiger partial charge in [0, 0.05) is 27.6 Å². The number of para-hydroxylation sites is 2. The number of fused-ring (bicyclic) bond motifs is 9. The predicted octanol–water partition coefficient (Wildman–Crippen LogP) is 11.5. The summed E-state index contributed by atoms with van der Waals surface area (Å²) in [6, 6.07) is 58.4. The summed E-state index contributed by atoms with van der Waals surface area (Å²) in [5, 5.41) is 9.97. The Morgan fingerprint density at radius 2 is 0.872 bits per heavy atom. The van der Waals surface area contributed by atoms with Crippen LogP contribution in [0.3, 0.4) is 0 Å². The summed E-state index contributed by atoms with van der Waals surface area (Å²) in [4.78, 5) is 10.5. The molecule has 0 aliphatic heterocycles. The number of hydrogen-bond acceptors (Lipinski definition) is 2. The lowest BCUT2D eigenvalue weighted by Gasteiger charge is -2.14. The molecule has 0 atom stereocenters. The second kappa shape index (κ2) is 10.1. The van der Waals surface area contributed by atoms with Gasteiger partial charge < -0.3 is 4.57 Å². The Bertz CT molecular complexity index is 2770. The van der Waals surface area contributed by atoms with Crippen molar-refractivity contribution in [2.45, 2.75) is 0 Å².